The normalized spacial score (nSPS) is 18.2. The molecule has 0 saturated carbocycles. The van der Waals surface area contributed by atoms with Crippen LogP contribution >= 0.6 is 0 Å². The van der Waals surface area contributed by atoms with Gasteiger partial charge in [-0.3, -0.25) is 4.79 Å². The minimum absolute atomic E-state index is 0.0559. The highest BCUT2D eigenvalue weighted by atomic mass is 32.2. The topological polar surface area (TPSA) is 66.5 Å². The molecule has 6 heteroatoms. The molecule has 24 heavy (non-hydrogen) atoms. The fraction of sp³-hybridized carbons (Fsp3) is 0.611. The van der Waals surface area contributed by atoms with E-state index in [1.54, 1.807) is 29.2 Å². The van der Waals surface area contributed by atoms with Crippen molar-refractivity contribution in [3.8, 4) is 0 Å². The maximum atomic E-state index is 12.9. The van der Waals surface area contributed by atoms with Gasteiger partial charge in [0.15, 0.2) is 0 Å². The van der Waals surface area contributed by atoms with Crippen LogP contribution in [0, 0.1) is 12.8 Å². The largest absolute Gasteiger partial charge is 0.341 e. The summed E-state index contributed by atoms with van der Waals surface area (Å²) in [5.74, 6) is -0.153. The fourth-order valence-electron chi connectivity index (χ4n) is 2.91. The van der Waals surface area contributed by atoms with Crippen molar-refractivity contribution >= 4 is 15.9 Å². The molecule has 0 bridgehead atoms. The molecule has 0 unspecified atom stereocenters. The van der Waals surface area contributed by atoms with E-state index >= 15 is 0 Å². The van der Waals surface area contributed by atoms with Crippen LogP contribution in [0.1, 0.15) is 45.1 Å². The van der Waals surface area contributed by atoms with E-state index in [1.807, 2.05) is 20.8 Å². The molecule has 1 fully saturated rings. The number of aryl methyl sites for hydroxylation is 1. The second-order valence-corrected chi connectivity index (χ2v) is 8.40. The molecule has 1 aliphatic rings. The summed E-state index contributed by atoms with van der Waals surface area (Å²) in [4.78, 5) is 14.9. The number of hydrogen-bond acceptors (Lipinski definition) is 3. The molecule has 1 aliphatic heterocycles. The molecule has 1 heterocycles. The number of nitrogens with one attached hydrogen (secondary N) is 1. The van der Waals surface area contributed by atoms with E-state index in [-0.39, 0.29) is 16.7 Å². The summed E-state index contributed by atoms with van der Waals surface area (Å²) in [5.41, 5.74) is 0.997. The summed E-state index contributed by atoms with van der Waals surface area (Å²) in [7, 11) is -3.71. The second kappa shape index (κ2) is 8.12. The van der Waals surface area contributed by atoms with Gasteiger partial charge in [0.05, 0.1) is 4.90 Å². The number of carbonyl (C=O) groups is 1. The summed E-state index contributed by atoms with van der Waals surface area (Å²) in [5, 5.41) is 0. The molecule has 1 aromatic carbocycles. The first-order valence-corrected chi connectivity index (χ1v) is 10.2. The highest BCUT2D eigenvalue weighted by Crippen LogP contribution is 2.18. The number of piperidine rings is 1. The number of benzene rings is 1. The maximum absolute atomic E-state index is 12.9. The zero-order valence-electron chi connectivity index (χ0n) is 14.8. The van der Waals surface area contributed by atoms with Gasteiger partial charge in [-0.15, -0.1) is 0 Å². The van der Waals surface area contributed by atoms with E-state index < -0.39 is 16.1 Å². The fourth-order valence-corrected chi connectivity index (χ4v) is 4.21. The number of rotatable bonds is 6. The van der Waals surface area contributed by atoms with Gasteiger partial charge in [-0.2, -0.15) is 4.72 Å². The Morgan fingerprint density at radius 2 is 1.75 bits per heavy atom. The zero-order valence-corrected chi connectivity index (χ0v) is 15.6. The predicted octanol–water partition coefficient (Wildman–Crippen LogP) is 2.70. The Morgan fingerprint density at radius 3 is 2.29 bits per heavy atom. The summed E-state index contributed by atoms with van der Waals surface area (Å²) in [6, 6.07) is 5.98. The molecule has 1 saturated heterocycles. The Hall–Kier alpha value is -1.40. The maximum Gasteiger partial charge on any atom is 0.241 e. The van der Waals surface area contributed by atoms with Crippen LogP contribution in [0.25, 0.3) is 0 Å². The van der Waals surface area contributed by atoms with Crippen molar-refractivity contribution in [2.24, 2.45) is 5.92 Å². The van der Waals surface area contributed by atoms with Crippen LogP contribution in [-0.4, -0.2) is 38.4 Å². The van der Waals surface area contributed by atoms with E-state index in [4.69, 9.17) is 0 Å². The van der Waals surface area contributed by atoms with Gasteiger partial charge < -0.3 is 4.90 Å². The van der Waals surface area contributed by atoms with Crippen molar-refractivity contribution in [1.82, 2.24) is 9.62 Å². The Balaban J connectivity index is 2.21. The standard InChI is InChI=1S/C18H28N2O3S/c1-4-15(3)17(18(21)20-12-6-5-7-13-20)19-24(22,23)16-10-8-14(2)9-11-16/h8-11,15,17,19H,4-7,12-13H2,1-3H3/t15-,17+/m0/s1. The van der Waals surface area contributed by atoms with Crippen molar-refractivity contribution in [2.75, 3.05) is 13.1 Å². The third-order valence-corrected chi connectivity index (χ3v) is 6.22. The van der Waals surface area contributed by atoms with Gasteiger partial charge in [-0.05, 0) is 44.2 Å². The van der Waals surface area contributed by atoms with Gasteiger partial charge in [-0.1, -0.05) is 38.0 Å². The quantitative estimate of drug-likeness (QED) is 0.856. The molecule has 0 aliphatic carbocycles. The summed E-state index contributed by atoms with van der Waals surface area (Å²) in [6.07, 6.45) is 3.85. The van der Waals surface area contributed by atoms with E-state index in [1.165, 1.54) is 0 Å². The van der Waals surface area contributed by atoms with Gasteiger partial charge in [0.1, 0.15) is 6.04 Å². The number of hydrogen-bond donors (Lipinski definition) is 1. The average Bonchev–Trinajstić information content (AvgIpc) is 2.59. The molecule has 0 radical (unpaired) electrons. The van der Waals surface area contributed by atoms with E-state index in [2.05, 4.69) is 4.72 Å². The molecule has 1 N–H and O–H groups in total. The Kier molecular flexibility index (Phi) is 6.40. The number of carbonyl (C=O) groups excluding carboxylic acids is 1. The SMILES string of the molecule is CC[C@H](C)[C@@H](NS(=O)(=O)c1ccc(C)cc1)C(=O)N1CCCCC1. The summed E-state index contributed by atoms with van der Waals surface area (Å²) in [6.45, 7) is 7.24. The number of sulfonamides is 1. The average molecular weight is 353 g/mol. The summed E-state index contributed by atoms with van der Waals surface area (Å²) < 4.78 is 28.0. The Morgan fingerprint density at radius 1 is 1.17 bits per heavy atom. The lowest BCUT2D eigenvalue weighted by atomic mass is 9.98. The van der Waals surface area contributed by atoms with Crippen LogP contribution in [0.15, 0.2) is 29.2 Å². The van der Waals surface area contributed by atoms with Crippen molar-refractivity contribution in [3.63, 3.8) is 0 Å². The van der Waals surface area contributed by atoms with Crippen LogP contribution in [0.2, 0.25) is 0 Å². The lowest BCUT2D eigenvalue weighted by Crippen LogP contribution is -2.52. The lowest BCUT2D eigenvalue weighted by Gasteiger charge is -2.32. The Bertz CT molecular complexity index is 649. The Labute approximate surface area is 145 Å². The van der Waals surface area contributed by atoms with Crippen LogP contribution < -0.4 is 4.72 Å². The van der Waals surface area contributed by atoms with Crippen LogP contribution in [0.5, 0.6) is 0 Å². The van der Waals surface area contributed by atoms with Crippen molar-refractivity contribution in [1.29, 1.82) is 0 Å². The van der Waals surface area contributed by atoms with E-state index in [9.17, 15) is 13.2 Å². The smallest absolute Gasteiger partial charge is 0.241 e. The van der Waals surface area contributed by atoms with Crippen molar-refractivity contribution in [2.45, 2.75) is 57.4 Å². The third-order valence-electron chi connectivity index (χ3n) is 4.76. The molecule has 0 aromatic heterocycles. The first kappa shape index (κ1) is 18.9. The summed E-state index contributed by atoms with van der Waals surface area (Å²) >= 11 is 0. The molecule has 2 rings (SSSR count). The van der Waals surface area contributed by atoms with Crippen LogP contribution in [0.3, 0.4) is 0 Å². The number of likely N-dealkylation sites (tertiary alicyclic amines) is 1. The molecule has 134 valence electrons. The van der Waals surface area contributed by atoms with E-state index in [0.717, 1.165) is 44.3 Å². The molecular formula is C18H28N2O3S. The molecule has 5 nitrogen and oxygen atoms in total. The molecule has 1 aromatic rings. The van der Waals surface area contributed by atoms with Gasteiger partial charge in [0.25, 0.3) is 0 Å². The van der Waals surface area contributed by atoms with Gasteiger partial charge in [0, 0.05) is 13.1 Å². The second-order valence-electron chi connectivity index (χ2n) is 6.68. The van der Waals surface area contributed by atoms with Crippen LogP contribution in [-0.2, 0) is 14.8 Å². The van der Waals surface area contributed by atoms with Gasteiger partial charge in [-0.25, -0.2) is 8.42 Å². The molecule has 0 spiro atoms. The zero-order chi connectivity index (χ0) is 17.7. The molecular weight excluding hydrogens is 324 g/mol. The van der Waals surface area contributed by atoms with Crippen molar-refractivity contribution < 1.29 is 13.2 Å². The lowest BCUT2D eigenvalue weighted by molar-refractivity contribution is -0.135. The minimum atomic E-state index is -3.71. The highest BCUT2D eigenvalue weighted by Gasteiger charge is 2.33. The predicted molar refractivity (Wildman–Crippen MR) is 95.2 cm³/mol. The van der Waals surface area contributed by atoms with Gasteiger partial charge >= 0.3 is 0 Å². The van der Waals surface area contributed by atoms with Crippen molar-refractivity contribution in [3.05, 3.63) is 29.8 Å². The monoisotopic (exact) mass is 352 g/mol. The highest BCUT2D eigenvalue weighted by molar-refractivity contribution is 7.89. The minimum Gasteiger partial charge on any atom is -0.341 e. The van der Waals surface area contributed by atoms with E-state index in [0.29, 0.717) is 0 Å². The third kappa shape index (κ3) is 4.57. The first-order valence-electron chi connectivity index (χ1n) is 8.73. The number of nitrogens with zero attached hydrogens (tertiary/aromatic N) is 1. The number of amides is 1. The first-order chi connectivity index (χ1) is 11.3. The van der Waals surface area contributed by atoms with Gasteiger partial charge in [0.2, 0.25) is 15.9 Å². The molecule has 2 atom stereocenters. The molecule has 1 amide bonds. The van der Waals surface area contributed by atoms with Crippen LogP contribution in [0.4, 0.5) is 0 Å².